The number of rotatable bonds is 2. The Bertz CT molecular complexity index is 325. The molecule has 0 aromatic heterocycles. The molecule has 1 aliphatic carbocycles. The highest BCUT2D eigenvalue weighted by molar-refractivity contribution is 5.75. The van der Waals surface area contributed by atoms with Crippen LogP contribution in [0.2, 0.25) is 0 Å². The van der Waals surface area contributed by atoms with Crippen molar-refractivity contribution >= 4 is 12.4 Å². The van der Waals surface area contributed by atoms with Crippen molar-refractivity contribution in [2.45, 2.75) is 32.1 Å². The molecule has 1 aliphatic heterocycles. The summed E-state index contributed by atoms with van der Waals surface area (Å²) >= 11 is 0. The zero-order valence-electron chi connectivity index (χ0n) is 10.7. The molecule has 0 spiro atoms. The summed E-state index contributed by atoms with van der Waals surface area (Å²) in [4.78, 5) is 25.9. The van der Waals surface area contributed by atoms with E-state index in [2.05, 4.69) is 5.32 Å². The summed E-state index contributed by atoms with van der Waals surface area (Å²) in [5.74, 6) is 0. The topological polar surface area (TPSA) is 52.7 Å². The van der Waals surface area contributed by atoms with E-state index < -0.39 is 0 Å². The maximum absolute atomic E-state index is 11.9. The molecule has 18 heavy (non-hydrogen) atoms. The minimum atomic E-state index is -0.0429. The van der Waals surface area contributed by atoms with Crippen LogP contribution in [-0.2, 0) is 4.79 Å². The van der Waals surface area contributed by atoms with Gasteiger partial charge in [-0.2, -0.15) is 0 Å². The monoisotopic (exact) mass is 251 g/mol. The first kappa shape index (κ1) is 12.9. The Hall–Kier alpha value is -1.52. The molecule has 1 heterocycles. The van der Waals surface area contributed by atoms with E-state index in [1.165, 1.54) is 24.8 Å². The van der Waals surface area contributed by atoms with Gasteiger partial charge in [0.2, 0.25) is 6.41 Å². The SMILES string of the molecule is O=CN1CCN(C(=O)NC=C2CCCCC2)CC1. The summed E-state index contributed by atoms with van der Waals surface area (Å²) in [6.07, 6.45) is 8.73. The molecule has 1 saturated carbocycles. The number of urea groups is 1. The largest absolute Gasteiger partial charge is 0.342 e. The van der Waals surface area contributed by atoms with Crippen molar-refractivity contribution in [1.82, 2.24) is 15.1 Å². The van der Waals surface area contributed by atoms with E-state index in [9.17, 15) is 9.59 Å². The van der Waals surface area contributed by atoms with Gasteiger partial charge in [0.1, 0.15) is 0 Å². The van der Waals surface area contributed by atoms with Crippen LogP contribution in [0.3, 0.4) is 0 Å². The molecule has 0 unspecified atom stereocenters. The van der Waals surface area contributed by atoms with E-state index in [4.69, 9.17) is 0 Å². The number of hydrogen-bond acceptors (Lipinski definition) is 2. The van der Waals surface area contributed by atoms with Gasteiger partial charge in [-0.1, -0.05) is 12.0 Å². The fourth-order valence-corrected chi connectivity index (χ4v) is 2.44. The minimum Gasteiger partial charge on any atom is -0.342 e. The number of hydrogen-bond donors (Lipinski definition) is 1. The molecule has 100 valence electrons. The summed E-state index contributed by atoms with van der Waals surface area (Å²) in [5, 5.41) is 2.87. The molecule has 2 aliphatic rings. The smallest absolute Gasteiger partial charge is 0.321 e. The Labute approximate surface area is 108 Å². The summed E-state index contributed by atoms with van der Waals surface area (Å²) in [5.41, 5.74) is 1.35. The van der Waals surface area contributed by atoms with Gasteiger partial charge in [0.25, 0.3) is 0 Å². The number of allylic oxidation sites excluding steroid dienone is 1. The third kappa shape index (κ3) is 3.48. The Morgan fingerprint density at radius 2 is 1.72 bits per heavy atom. The van der Waals surface area contributed by atoms with Crippen molar-refractivity contribution in [1.29, 1.82) is 0 Å². The highest BCUT2D eigenvalue weighted by Gasteiger charge is 2.19. The molecule has 0 aromatic rings. The van der Waals surface area contributed by atoms with Crippen molar-refractivity contribution in [2.24, 2.45) is 0 Å². The van der Waals surface area contributed by atoms with E-state index in [0.717, 1.165) is 19.3 Å². The average Bonchev–Trinajstić information content (AvgIpc) is 2.46. The summed E-state index contributed by atoms with van der Waals surface area (Å²) in [6, 6.07) is -0.0429. The van der Waals surface area contributed by atoms with Crippen LogP contribution in [-0.4, -0.2) is 48.4 Å². The quantitative estimate of drug-likeness (QED) is 0.752. The van der Waals surface area contributed by atoms with Crippen molar-refractivity contribution in [3.63, 3.8) is 0 Å². The molecule has 1 saturated heterocycles. The molecule has 5 heteroatoms. The Morgan fingerprint density at radius 3 is 2.33 bits per heavy atom. The van der Waals surface area contributed by atoms with Crippen molar-refractivity contribution < 1.29 is 9.59 Å². The molecule has 3 amide bonds. The Kier molecular flexibility index (Phi) is 4.61. The molecule has 5 nitrogen and oxygen atoms in total. The second-order valence-corrected chi connectivity index (χ2v) is 4.94. The average molecular weight is 251 g/mol. The highest BCUT2D eigenvalue weighted by Crippen LogP contribution is 2.21. The first-order chi connectivity index (χ1) is 8.79. The zero-order chi connectivity index (χ0) is 12.8. The van der Waals surface area contributed by atoms with E-state index >= 15 is 0 Å². The number of amides is 3. The highest BCUT2D eigenvalue weighted by atomic mass is 16.2. The molecule has 2 rings (SSSR count). The van der Waals surface area contributed by atoms with Gasteiger partial charge in [-0.15, -0.1) is 0 Å². The predicted octanol–water partition coefficient (Wildman–Crippen LogP) is 1.32. The molecule has 0 aromatic carbocycles. The fourth-order valence-electron chi connectivity index (χ4n) is 2.44. The normalized spacial score (nSPS) is 20.6. The van der Waals surface area contributed by atoms with Gasteiger partial charge in [0, 0.05) is 32.4 Å². The van der Waals surface area contributed by atoms with Gasteiger partial charge in [-0.25, -0.2) is 4.79 Å². The molecule has 1 N–H and O–H groups in total. The van der Waals surface area contributed by atoms with Crippen LogP contribution in [0.4, 0.5) is 4.79 Å². The lowest BCUT2D eigenvalue weighted by atomic mass is 9.96. The number of piperazine rings is 1. The molecule has 0 bridgehead atoms. The standard InChI is InChI=1S/C13H21N3O2/c17-11-15-6-8-16(9-7-15)13(18)14-10-12-4-2-1-3-5-12/h10-11H,1-9H2,(H,14,18). The van der Waals surface area contributed by atoms with E-state index in [1.807, 2.05) is 6.20 Å². The van der Waals surface area contributed by atoms with Gasteiger partial charge in [-0.3, -0.25) is 4.79 Å². The lowest BCUT2D eigenvalue weighted by Gasteiger charge is -2.32. The van der Waals surface area contributed by atoms with Crippen molar-refractivity contribution in [2.75, 3.05) is 26.2 Å². The Morgan fingerprint density at radius 1 is 1.06 bits per heavy atom. The summed E-state index contributed by atoms with van der Waals surface area (Å²) in [7, 11) is 0. The second-order valence-electron chi connectivity index (χ2n) is 4.94. The first-order valence-corrected chi connectivity index (χ1v) is 6.72. The number of carbonyl (C=O) groups is 2. The molecule has 0 radical (unpaired) electrons. The summed E-state index contributed by atoms with van der Waals surface area (Å²) in [6.45, 7) is 2.50. The van der Waals surface area contributed by atoms with Gasteiger partial charge in [0.15, 0.2) is 0 Å². The lowest BCUT2D eigenvalue weighted by molar-refractivity contribution is -0.119. The maximum Gasteiger partial charge on any atom is 0.321 e. The van der Waals surface area contributed by atoms with Crippen LogP contribution < -0.4 is 5.32 Å². The van der Waals surface area contributed by atoms with Crippen LogP contribution >= 0.6 is 0 Å². The van der Waals surface area contributed by atoms with Crippen molar-refractivity contribution in [3.8, 4) is 0 Å². The lowest BCUT2D eigenvalue weighted by Crippen LogP contribution is -2.50. The number of carbonyl (C=O) groups excluding carboxylic acids is 2. The zero-order valence-corrected chi connectivity index (χ0v) is 10.7. The van der Waals surface area contributed by atoms with Gasteiger partial charge in [-0.05, 0) is 25.7 Å². The fraction of sp³-hybridized carbons (Fsp3) is 0.692. The van der Waals surface area contributed by atoms with Crippen LogP contribution in [0.25, 0.3) is 0 Å². The van der Waals surface area contributed by atoms with Crippen LogP contribution in [0.1, 0.15) is 32.1 Å². The number of nitrogens with one attached hydrogen (secondary N) is 1. The molecule has 0 atom stereocenters. The van der Waals surface area contributed by atoms with E-state index in [0.29, 0.717) is 26.2 Å². The van der Waals surface area contributed by atoms with Crippen LogP contribution in [0.5, 0.6) is 0 Å². The van der Waals surface area contributed by atoms with Gasteiger partial charge < -0.3 is 15.1 Å². The van der Waals surface area contributed by atoms with Crippen molar-refractivity contribution in [3.05, 3.63) is 11.8 Å². The summed E-state index contributed by atoms with van der Waals surface area (Å²) < 4.78 is 0. The molecular weight excluding hydrogens is 230 g/mol. The second kappa shape index (κ2) is 6.42. The van der Waals surface area contributed by atoms with E-state index in [1.54, 1.807) is 9.80 Å². The first-order valence-electron chi connectivity index (χ1n) is 6.72. The maximum atomic E-state index is 11.9. The Balaban J connectivity index is 1.76. The van der Waals surface area contributed by atoms with Crippen LogP contribution in [0.15, 0.2) is 11.8 Å². The van der Waals surface area contributed by atoms with Gasteiger partial charge in [0.05, 0.1) is 0 Å². The predicted molar refractivity (Wildman–Crippen MR) is 68.9 cm³/mol. The van der Waals surface area contributed by atoms with Gasteiger partial charge >= 0.3 is 6.03 Å². The third-order valence-electron chi connectivity index (χ3n) is 3.65. The number of nitrogens with zero attached hydrogens (tertiary/aromatic N) is 2. The molecule has 2 fully saturated rings. The third-order valence-corrected chi connectivity index (χ3v) is 3.65. The minimum absolute atomic E-state index is 0.0429. The van der Waals surface area contributed by atoms with Crippen LogP contribution in [0, 0.1) is 0 Å². The van der Waals surface area contributed by atoms with E-state index in [-0.39, 0.29) is 6.03 Å². The molecular formula is C13H21N3O2.